The first-order valence-electron chi connectivity index (χ1n) is 10.9. The number of quaternary nitrogens is 1. The summed E-state index contributed by atoms with van der Waals surface area (Å²) in [7, 11) is 3.75. The van der Waals surface area contributed by atoms with Gasteiger partial charge in [-0.1, -0.05) is 0 Å². The minimum absolute atomic E-state index is 0. The first kappa shape index (κ1) is 47.6. The first-order chi connectivity index (χ1) is 19.5. The van der Waals surface area contributed by atoms with Crippen LogP contribution in [0.2, 0.25) is 0 Å². The number of alkyl halides is 24. The van der Waals surface area contributed by atoms with E-state index < -0.39 is 89.8 Å². The predicted molar refractivity (Wildman–Crippen MR) is 99.0 cm³/mol. The summed E-state index contributed by atoms with van der Waals surface area (Å²) in [5.41, 5.74) is -8.24. The highest BCUT2D eigenvalue weighted by Gasteiger charge is 2.95. The van der Waals surface area contributed by atoms with E-state index in [1.165, 1.54) is 21.1 Å². The number of nitrogens with zero attached hydrogens (tertiary/aromatic N) is 2. The van der Waals surface area contributed by atoms with Crippen LogP contribution < -0.4 is 29.3 Å². The number of hydrogen-bond acceptors (Lipinski definition) is 2. The number of hydrogen-bond donors (Lipinski definition) is 1. The first-order valence-corrected chi connectivity index (χ1v) is 10.9. The summed E-state index contributed by atoms with van der Waals surface area (Å²) in [4.78, 5) is 6.11. The van der Waals surface area contributed by atoms with Gasteiger partial charge >= 0.3 is 66.0 Å². The van der Waals surface area contributed by atoms with Crippen molar-refractivity contribution in [2.24, 2.45) is 0 Å². The Hall–Kier alpha value is -1.56. The van der Waals surface area contributed by atoms with Gasteiger partial charge in [0.1, 0.15) is 0 Å². The van der Waals surface area contributed by atoms with Crippen molar-refractivity contribution in [3.63, 3.8) is 0 Å². The van der Waals surface area contributed by atoms with Gasteiger partial charge in [-0.15, -0.1) is 4.90 Å². The zero-order chi connectivity index (χ0) is 38.0. The SMILES string of the molecule is C[N+](C)(C)CCCNC(=O)C(F)(C(F)(F)F)C(F)(F)N(C(F)(F)C(F)(F)C(F)(F)C(F)(F)F)C(F)(F)C(F)(F)C(F)(F)C(F)(F)F.[I-]. The number of amides is 1. The Bertz CT molecular complexity index is 1040. The highest BCUT2D eigenvalue weighted by Crippen LogP contribution is 2.64. The molecular formula is C18H16F24IN3O. The average molecular weight is 873 g/mol. The predicted octanol–water partition coefficient (Wildman–Crippen LogP) is 4.22. The Morgan fingerprint density at radius 3 is 1.04 bits per heavy atom. The van der Waals surface area contributed by atoms with Crippen LogP contribution in [0.1, 0.15) is 6.42 Å². The van der Waals surface area contributed by atoms with Crippen molar-refractivity contribution in [2.45, 2.75) is 72.4 Å². The molecule has 0 aliphatic carbocycles. The molecule has 0 saturated carbocycles. The third-order valence-electron chi connectivity index (χ3n) is 5.51. The molecule has 0 aromatic carbocycles. The van der Waals surface area contributed by atoms with E-state index in [2.05, 4.69) is 0 Å². The maximum absolute atomic E-state index is 15.0. The highest BCUT2D eigenvalue weighted by atomic mass is 127. The number of rotatable bonds is 13. The normalized spacial score (nSPS) is 16.9. The fourth-order valence-corrected chi connectivity index (χ4v) is 3.01. The van der Waals surface area contributed by atoms with Crippen molar-refractivity contribution in [3.8, 4) is 0 Å². The fourth-order valence-electron chi connectivity index (χ4n) is 3.01. The van der Waals surface area contributed by atoms with E-state index in [9.17, 15) is 110 Å². The molecule has 0 aliphatic heterocycles. The standard InChI is InChI=1S/C18H15F24N3O.HI/c1-45(2,3)6-4-5-43-7(46)8(19,13(28,29)30)16(37,38)44(17(39,40)11(24,25)9(20,21)14(31,32)33)18(41,42)12(26,27)10(22,23)15(34,35)36;/h4-6H2,1-3H3;1H. The second-order valence-corrected chi connectivity index (χ2v) is 10.0. The van der Waals surface area contributed by atoms with Crippen LogP contribution in [0.15, 0.2) is 0 Å². The van der Waals surface area contributed by atoms with Crippen molar-refractivity contribution in [2.75, 3.05) is 34.2 Å². The Labute approximate surface area is 262 Å². The number of carbonyl (C=O) groups is 1. The van der Waals surface area contributed by atoms with Gasteiger partial charge in [-0.2, -0.15) is 101 Å². The quantitative estimate of drug-likeness (QED) is 0.0991. The summed E-state index contributed by atoms with van der Waals surface area (Å²) < 4.78 is 326. The van der Waals surface area contributed by atoms with Gasteiger partial charge in [0.25, 0.3) is 5.91 Å². The van der Waals surface area contributed by atoms with Crippen molar-refractivity contribution in [3.05, 3.63) is 0 Å². The molecule has 1 unspecified atom stereocenters. The molecule has 0 heterocycles. The lowest BCUT2D eigenvalue weighted by atomic mass is 9.95. The van der Waals surface area contributed by atoms with Crippen LogP contribution in [0, 0.1) is 0 Å². The van der Waals surface area contributed by atoms with Gasteiger partial charge in [-0.25, -0.2) is 4.39 Å². The molecule has 0 rings (SSSR count). The van der Waals surface area contributed by atoms with Gasteiger partial charge in [0.05, 0.1) is 27.7 Å². The molecule has 47 heavy (non-hydrogen) atoms. The van der Waals surface area contributed by atoms with E-state index in [1.54, 1.807) is 0 Å². The molecule has 1 amide bonds. The molecule has 0 fully saturated rings. The minimum atomic E-state index is -9.56. The topological polar surface area (TPSA) is 32.3 Å². The van der Waals surface area contributed by atoms with Gasteiger partial charge in [0, 0.05) is 13.0 Å². The van der Waals surface area contributed by atoms with Crippen LogP contribution in [0.5, 0.6) is 0 Å². The van der Waals surface area contributed by atoms with Crippen LogP contribution in [-0.4, -0.2) is 116 Å². The van der Waals surface area contributed by atoms with Gasteiger partial charge in [0.15, 0.2) is 0 Å². The Balaban J connectivity index is 0. The molecule has 0 aromatic heterocycles. The zero-order valence-electron chi connectivity index (χ0n) is 22.4. The molecule has 284 valence electrons. The summed E-state index contributed by atoms with van der Waals surface area (Å²) >= 11 is 0. The fraction of sp³-hybridized carbons (Fsp3) is 0.944. The molecular weight excluding hydrogens is 857 g/mol. The summed E-state index contributed by atoms with van der Waals surface area (Å²) in [5, 5.41) is 0.381. The van der Waals surface area contributed by atoms with Gasteiger partial charge in [-0.3, -0.25) is 4.79 Å². The van der Waals surface area contributed by atoms with E-state index in [4.69, 9.17) is 0 Å². The maximum atomic E-state index is 15.0. The third-order valence-corrected chi connectivity index (χ3v) is 5.51. The highest BCUT2D eigenvalue weighted by molar-refractivity contribution is 5.87. The number of carbonyl (C=O) groups excluding carboxylic acids is 1. The second-order valence-electron chi connectivity index (χ2n) is 10.0. The van der Waals surface area contributed by atoms with Gasteiger partial charge in [0.2, 0.25) is 0 Å². The van der Waals surface area contributed by atoms with Crippen LogP contribution >= 0.6 is 0 Å². The van der Waals surface area contributed by atoms with Crippen molar-refractivity contribution < 1.29 is 139 Å². The summed E-state index contributed by atoms with van der Waals surface area (Å²) in [6, 6.07) is -28.3. The van der Waals surface area contributed by atoms with Crippen molar-refractivity contribution in [1.29, 1.82) is 0 Å². The van der Waals surface area contributed by atoms with Gasteiger partial charge in [-0.05, 0) is 0 Å². The van der Waals surface area contributed by atoms with Crippen LogP contribution in [0.25, 0.3) is 0 Å². The van der Waals surface area contributed by atoms with Crippen LogP contribution in [0.4, 0.5) is 105 Å². The zero-order valence-corrected chi connectivity index (χ0v) is 24.5. The molecule has 4 nitrogen and oxygen atoms in total. The monoisotopic (exact) mass is 873 g/mol. The Morgan fingerprint density at radius 2 is 0.809 bits per heavy atom. The van der Waals surface area contributed by atoms with E-state index in [0.717, 1.165) is 0 Å². The molecule has 0 saturated heterocycles. The largest absolute Gasteiger partial charge is 1.00 e. The average Bonchev–Trinajstić information content (AvgIpc) is 2.76. The van der Waals surface area contributed by atoms with E-state index in [1.807, 2.05) is 0 Å². The molecule has 1 N–H and O–H groups in total. The smallest absolute Gasteiger partial charge is 0.460 e. The molecule has 0 aliphatic rings. The van der Waals surface area contributed by atoms with Crippen molar-refractivity contribution in [1.82, 2.24) is 10.2 Å². The van der Waals surface area contributed by atoms with E-state index >= 15 is 0 Å². The Morgan fingerprint density at radius 1 is 0.511 bits per heavy atom. The molecule has 0 aromatic rings. The van der Waals surface area contributed by atoms with E-state index in [-0.39, 0.29) is 35.0 Å². The van der Waals surface area contributed by atoms with E-state index in [0.29, 0.717) is 5.32 Å². The maximum Gasteiger partial charge on any atom is 0.460 e. The molecule has 1 atom stereocenters. The summed E-state index contributed by atoms with van der Waals surface area (Å²) in [6.45, 7) is -1.98. The lowest BCUT2D eigenvalue weighted by Crippen LogP contribution is -3.00. The molecule has 0 bridgehead atoms. The molecule has 0 radical (unpaired) electrons. The van der Waals surface area contributed by atoms with Crippen LogP contribution in [-0.2, 0) is 4.79 Å². The summed E-state index contributed by atoms with van der Waals surface area (Å²) in [6.07, 6.45) is -25.7. The number of halogens is 25. The second kappa shape index (κ2) is 13.0. The third kappa shape index (κ3) is 7.63. The lowest BCUT2D eigenvalue weighted by Gasteiger charge is -2.50. The number of nitrogens with one attached hydrogen (secondary N) is 1. The van der Waals surface area contributed by atoms with Gasteiger partial charge < -0.3 is 33.8 Å². The Kier molecular flexibility index (Phi) is 13.1. The minimum Gasteiger partial charge on any atom is -1.00 e. The molecule has 0 spiro atoms. The summed E-state index contributed by atoms with van der Waals surface area (Å²) in [5.74, 6) is -40.7. The van der Waals surface area contributed by atoms with Crippen molar-refractivity contribution >= 4 is 5.91 Å². The lowest BCUT2D eigenvalue weighted by molar-refractivity contribution is -0.870. The van der Waals surface area contributed by atoms with Crippen LogP contribution in [0.3, 0.4) is 0 Å². The molecule has 29 heteroatoms.